The molecule has 1 atom stereocenters. The maximum atomic E-state index is 9.69. The molecule has 0 spiro atoms. The van der Waals surface area contributed by atoms with E-state index in [1.807, 2.05) is 24.3 Å². The molecule has 0 aliphatic heterocycles. The second-order valence-electron chi connectivity index (χ2n) is 3.45. The van der Waals surface area contributed by atoms with Gasteiger partial charge >= 0.3 is 0 Å². The van der Waals surface area contributed by atoms with E-state index in [4.69, 9.17) is 16.3 Å². The molecule has 0 saturated carbocycles. The molecule has 0 aliphatic carbocycles. The summed E-state index contributed by atoms with van der Waals surface area (Å²) < 4.78 is 5.50. The summed E-state index contributed by atoms with van der Waals surface area (Å²) in [7, 11) is 0. The summed E-state index contributed by atoms with van der Waals surface area (Å²) >= 11 is 8.92. The molecule has 16 heavy (non-hydrogen) atoms. The van der Waals surface area contributed by atoms with E-state index in [-0.39, 0.29) is 0 Å². The van der Waals surface area contributed by atoms with Crippen LogP contribution < -0.4 is 4.74 Å². The lowest BCUT2D eigenvalue weighted by Gasteiger charge is -2.10. The smallest absolute Gasteiger partial charge is 0.119 e. The molecular formula is C12H16BrClO2. The van der Waals surface area contributed by atoms with Crippen molar-refractivity contribution in [3.8, 4) is 5.75 Å². The predicted molar refractivity (Wildman–Crippen MR) is 70.6 cm³/mol. The van der Waals surface area contributed by atoms with Crippen molar-refractivity contribution in [1.82, 2.24) is 0 Å². The number of hydrogen-bond donors (Lipinski definition) is 1. The Bertz CT molecular complexity index is 290. The van der Waals surface area contributed by atoms with Gasteiger partial charge in [0.15, 0.2) is 0 Å². The zero-order valence-electron chi connectivity index (χ0n) is 9.03. The van der Waals surface area contributed by atoms with Crippen LogP contribution in [0.15, 0.2) is 24.3 Å². The van der Waals surface area contributed by atoms with Gasteiger partial charge in [-0.1, -0.05) is 28.1 Å². The van der Waals surface area contributed by atoms with Crippen molar-refractivity contribution in [2.24, 2.45) is 0 Å². The number of aliphatic hydroxyl groups excluding tert-OH is 1. The Morgan fingerprint density at radius 3 is 2.56 bits per heavy atom. The van der Waals surface area contributed by atoms with Crippen molar-refractivity contribution in [3.63, 3.8) is 0 Å². The predicted octanol–water partition coefficient (Wildman–Crippen LogP) is 3.51. The lowest BCUT2D eigenvalue weighted by molar-refractivity contribution is 0.174. The van der Waals surface area contributed by atoms with Crippen LogP contribution in [0.4, 0.5) is 0 Å². The van der Waals surface area contributed by atoms with Gasteiger partial charge in [0.05, 0.1) is 12.7 Å². The lowest BCUT2D eigenvalue weighted by atomic mass is 10.1. The summed E-state index contributed by atoms with van der Waals surface area (Å²) in [6.07, 6.45) is 1.08. The topological polar surface area (TPSA) is 29.5 Å². The largest absolute Gasteiger partial charge is 0.494 e. The number of aliphatic hydroxyl groups is 1. The molecular weight excluding hydrogens is 291 g/mol. The summed E-state index contributed by atoms with van der Waals surface area (Å²) in [6, 6.07) is 7.50. The Labute approximate surface area is 110 Å². The van der Waals surface area contributed by atoms with Gasteiger partial charge in [0.25, 0.3) is 0 Å². The molecule has 0 bridgehead atoms. The van der Waals surface area contributed by atoms with Gasteiger partial charge in [0.1, 0.15) is 5.75 Å². The minimum Gasteiger partial charge on any atom is -0.494 e. The molecule has 4 heteroatoms. The van der Waals surface area contributed by atoms with Crippen LogP contribution in [0.25, 0.3) is 0 Å². The third-order valence-corrected chi connectivity index (χ3v) is 2.97. The third kappa shape index (κ3) is 4.73. The second-order valence-corrected chi connectivity index (χ2v) is 4.62. The molecule has 1 unspecified atom stereocenters. The Morgan fingerprint density at radius 2 is 2.00 bits per heavy atom. The molecule has 2 nitrogen and oxygen atoms in total. The van der Waals surface area contributed by atoms with Gasteiger partial charge in [-0.3, -0.25) is 0 Å². The second kappa shape index (κ2) is 7.93. The highest BCUT2D eigenvalue weighted by molar-refractivity contribution is 9.09. The van der Waals surface area contributed by atoms with E-state index in [1.54, 1.807) is 0 Å². The van der Waals surface area contributed by atoms with Crippen molar-refractivity contribution in [2.75, 3.05) is 17.8 Å². The van der Waals surface area contributed by atoms with Crippen LogP contribution in [0.2, 0.25) is 0 Å². The van der Waals surface area contributed by atoms with Gasteiger partial charge in [-0.2, -0.15) is 0 Å². The molecule has 1 aromatic carbocycles. The summed E-state index contributed by atoms with van der Waals surface area (Å²) in [4.78, 5) is 0. The van der Waals surface area contributed by atoms with Crippen LogP contribution in [0.3, 0.4) is 0 Å². The fourth-order valence-corrected chi connectivity index (χ4v) is 1.74. The highest BCUT2D eigenvalue weighted by Gasteiger charge is 2.06. The molecule has 0 aliphatic rings. The van der Waals surface area contributed by atoms with E-state index >= 15 is 0 Å². The molecule has 0 radical (unpaired) electrons. The van der Waals surface area contributed by atoms with Gasteiger partial charge in [-0.15, -0.1) is 11.6 Å². The molecule has 90 valence electrons. The average molecular weight is 308 g/mol. The summed E-state index contributed by atoms with van der Waals surface area (Å²) in [6.45, 7) is 0.703. The van der Waals surface area contributed by atoms with Crippen LogP contribution in [-0.2, 0) is 0 Å². The minimum absolute atomic E-state index is 0.463. The monoisotopic (exact) mass is 306 g/mol. The molecule has 0 fully saturated rings. The number of hydrogen-bond acceptors (Lipinski definition) is 2. The van der Waals surface area contributed by atoms with Crippen LogP contribution in [-0.4, -0.2) is 22.9 Å². The maximum absolute atomic E-state index is 9.69. The van der Waals surface area contributed by atoms with Crippen LogP contribution in [0.1, 0.15) is 24.5 Å². The molecule has 1 N–H and O–H groups in total. The first-order valence-corrected chi connectivity index (χ1v) is 6.96. The standard InChI is InChI=1S/C12H16BrClO2/c13-7-1-9-16-11-4-2-10(3-5-11)12(15)6-8-14/h2-5,12,15H,1,6-9H2. The number of rotatable bonds is 7. The minimum atomic E-state index is -0.478. The molecule has 0 amide bonds. The Kier molecular flexibility index (Phi) is 6.85. The molecule has 0 aromatic heterocycles. The van der Waals surface area contributed by atoms with Gasteiger partial charge in [0.2, 0.25) is 0 Å². The van der Waals surface area contributed by atoms with E-state index in [9.17, 15) is 5.11 Å². The normalized spacial score (nSPS) is 12.4. The Morgan fingerprint density at radius 1 is 1.31 bits per heavy atom. The summed E-state index contributed by atoms with van der Waals surface area (Å²) in [5.74, 6) is 1.30. The summed E-state index contributed by atoms with van der Waals surface area (Å²) in [5, 5.41) is 10.6. The number of alkyl halides is 2. The van der Waals surface area contributed by atoms with Crippen molar-refractivity contribution in [2.45, 2.75) is 18.9 Å². The van der Waals surface area contributed by atoms with Gasteiger partial charge < -0.3 is 9.84 Å². The van der Waals surface area contributed by atoms with Crippen LogP contribution >= 0.6 is 27.5 Å². The average Bonchev–Trinajstić information content (AvgIpc) is 2.30. The molecule has 1 rings (SSSR count). The zero-order chi connectivity index (χ0) is 11.8. The first kappa shape index (κ1) is 13.8. The third-order valence-electron chi connectivity index (χ3n) is 2.19. The Hall–Kier alpha value is -0.250. The van der Waals surface area contributed by atoms with Crippen molar-refractivity contribution in [1.29, 1.82) is 0 Å². The SMILES string of the molecule is OC(CCCl)c1ccc(OCCCBr)cc1. The fraction of sp³-hybridized carbons (Fsp3) is 0.500. The van der Waals surface area contributed by atoms with Crippen molar-refractivity contribution in [3.05, 3.63) is 29.8 Å². The van der Waals surface area contributed by atoms with E-state index in [1.165, 1.54) is 0 Å². The Balaban J connectivity index is 2.47. The summed E-state index contributed by atoms with van der Waals surface area (Å²) in [5.41, 5.74) is 0.883. The fourth-order valence-electron chi connectivity index (χ4n) is 1.30. The van der Waals surface area contributed by atoms with Crippen molar-refractivity contribution >= 4 is 27.5 Å². The van der Waals surface area contributed by atoms with Crippen molar-refractivity contribution < 1.29 is 9.84 Å². The van der Waals surface area contributed by atoms with Gasteiger partial charge in [-0.25, -0.2) is 0 Å². The van der Waals surface area contributed by atoms with E-state index in [2.05, 4.69) is 15.9 Å². The number of halogens is 2. The number of benzene rings is 1. The maximum Gasteiger partial charge on any atom is 0.119 e. The van der Waals surface area contributed by atoms with Crippen LogP contribution in [0, 0.1) is 0 Å². The van der Waals surface area contributed by atoms with E-state index in [0.717, 1.165) is 23.1 Å². The van der Waals surface area contributed by atoms with Crippen LogP contribution in [0.5, 0.6) is 5.75 Å². The zero-order valence-corrected chi connectivity index (χ0v) is 11.4. The highest BCUT2D eigenvalue weighted by Crippen LogP contribution is 2.20. The van der Waals surface area contributed by atoms with Gasteiger partial charge in [-0.05, 0) is 30.5 Å². The molecule has 0 heterocycles. The van der Waals surface area contributed by atoms with E-state index in [0.29, 0.717) is 18.9 Å². The first-order valence-electron chi connectivity index (χ1n) is 5.30. The number of ether oxygens (including phenoxy) is 1. The molecule has 1 aromatic rings. The molecule has 0 saturated heterocycles. The highest BCUT2D eigenvalue weighted by atomic mass is 79.9. The first-order chi connectivity index (χ1) is 7.77. The van der Waals surface area contributed by atoms with E-state index < -0.39 is 6.10 Å². The quantitative estimate of drug-likeness (QED) is 0.617. The lowest BCUT2D eigenvalue weighted by Crippen LogP contribution is -2.00. The van der Waals surface area contributed by atoms with Gasteiger partial charge in [0, 0.05) is 11.2 Å².